The third-order valence-electron chi connectivity index (χ3n) is 4.76. The number of carbonyl (C=O) groups excluding carboxylic acids is 2. The second-order valence-corrected chi connectivity index (χ2v) is 10.1. The van der Waals surface area contributed by atoms with E-state index in [2.05, 4.69) is 6.58 Å². The van der Waals surface area contributed by atoms with Crippen LogP contribution in [0.5, 0.6) is 0 Å². The molecule has 4 nitrogen and oxygen atoms in total. The summed E-state index contributed by atoms with van der Waals surface area (Å²) in [7, 11) is -3.31. The van der Waals surface area contributed by atoms with Crippen LogP contribution in [-0.4, -0.2) is 36.7 Å². The Hall–Kier alpha value is -1.11. The van der Waals surface area contributed by atoms with Gasteiger partial charge in [0.25, 0.3) is 0 Å². The van der Waals surface area contributed by atoms with Crippen LogP contribution >= 0.6 is 23.4 Å². The molecule has 1 aliphatic heterocycles. The molecule has 0 saturated heterocycles. The molecule has 2 aliphatic rings. The van der Waals surface area contributed by atoms with Crippen molar-refractivity contribution in [3.63, 3.8) is 0 Å². The number of halogens is 1. The van der Waals surface area contributed by atoms with Gasteiger partial charge in [-0.15, -0.1) is 6.58 Å². The highest BCUT2D eigenvalue weighted by Crippen LogP contribution is 2.38. The number of benzene rings is 1. The van der Waals surface area contributed by atoms with E-state index in [-0.39, 0.29) is 38.1 Å². The number of sulfone groups is 1. The molecule has 0 radical (unpaired) electrons. The van der Waals surface area contributed by atoms with E-state index in [4.69, 9.17) is 11.6 Å². The molecule has 0 bridgehead atoms. The molecule has 1 heterocycles. The second-order valence-electron chi connectivity index (χ2n) is 6.33. The molecule has 1 aliphatic carbocycles. The minimum Gasteiger partial charge on any atom is -0.299 e. The summed E-state index contributed by atoms with van der Waals surface area (Å²) in [6.07, 6.45) is 4.06. The predicted octanol–water partition coefficient (Wildman–Crippen LogP) is 3.51. The quantitative estimate of drug-likeness (QED) is 0.431. The smallest absolute Gasteiger partial charge is 0.179 e. The van der Waals surface area contributed by atoms with Gasteiger partial charge in [-0.1, -0.05) is 17.7 Å². The van der Waals surface area contributed by atoms with Gasteiger partial charge in [0.15, 0.2) is 15.6 Å². The molecule has 1 aromatic carbocycles. The summed E-state index contributed by atoms with van der Waals surface area (Å²) in [5.74, 6) is -0.366. The van der Waals surface area contributed by atoms with Gasteiger partial charge in [0, 0.05) is 23.0 Å². The standard InChI is InChI=1S/C18H19ClO4S2/c1-2-9-24-14-5-3-4-13(20)16(14)18(21)12-6-7-15-11(17(12)19)8-10-25(15,22)23/h2,6-7,14,16H,1,3-5,8-10H2. The Bertz CT molecular complexity index is 845. The molecule has 1 saturated carbocycles. The molecule has 0 amide bonds. The van der Waals surface area contributed by atoms with Gasteiger partial charge in [0.2, 0.25) is 0 Å². The summed E-state index contributed by atoms with van der Waals surface area (Å²) < 4.78 is 24.0. The van der Waals surface area contributed by atoms with E-state index in [1.54, 1.807) is 17.8 Å². The molecule has 25 heavy (non-hydrogen) atoms. The fraction of sp³-hybridized carbons (Fsp3) is 0.444. The summed E-state index contributed by atoms with van der Waals surface area (Å²) in [4.78, 5) is 25.7. The molecule has 3 rings (SSSR count). The molecule has 0 N–H and O–H groups in total. The van der Waals surface area contributed by atoms with E-state index >= 15 is 0 Å². The zero-order valence-electron chi connectivity index (χ0n) is 13.7. The average molecular weight is 399 g/mol. The molecule has 2 unspecified atom stereocenters. The lowest BCUT2D eigenvalue weighted by Crippen LogP contribution is -2.37. The lowest BCUT2D eigenvalue weighted by atomic mass is 9.82. The molecular formula is C18H19ClO4S2. The first-order valence-electron chi connectivity index (χ1n) is 8.20. The summed E-state index contributed by atoms with van der Waals surface area (Å²) in [6.45, 7) is 3.69. The van der Waals surface area contributed by atoms with E-state index in [0.717, 1.165) is 12.8 Å². The molecule has 134 valence electrons. The van der Waals surface area contributed by atoms with Crippen LogP contribution in [0.25, 0.3) is 0 Å². The van der Waals surface area contributed by atoms with E-state index < -0.39 is 15.8 Å². The molecular weight excluding hydrogens is 380 g/mol. The maximum atomic E-state index is 13.1. The Labute approximate surface area is 156 Å². The second kappa shape index (κ2) is 7.25. The fourth-order valence-electron chi connectivity index (χ4n) is 3.53. The molecule has 1 aromatic rings. The average Bonchev–Trinajstić information content (AvgIpc) is 2.89. The number of Topliss-reactive ketones (excluding diaryl/α,β-unsaturated/α-hetero) is 2. The van der Waals surface area contributed by atoms with Gasteiger partial charge in [-0.3, -0.25) is 9.59 Å². The van der Waals surface area contributed by atoms with Crippen molar-refractivity contribution >= 4 is 44.8 Å². The molecule has 2 atom stereocenters. The summed E-state index contributed by atoms with van der Waals surface area (Å²) >= 11 is 7.94. The van der Waals surface area contributed by atoms with Gasteiger partial charge in [-0.25, -0.2) is 8.42 Å². The Morgan fingerprint density at radius 2 is 2.12 bits per heavy atom. The van der Waals surface area contributed by atoms with Crippen molar-refractivity contribution in [3.05, 3.63) is 40.9 Å². The third kappa shape index (κ3) is 3.44. The van der Waals surface area contributed by atoms with Crippen molar-refractivity contribution < 1.29 is 18.0 Å². The number of ketones is 2. The van der Waals surface area contributed by atoms with Crippen molar-refractivity contribution in [3.8, 4) is 0 Å². The van der Waals surface area contributed by atoms with Gasteiger partial charge >= 0.3 is 0 Å². The third-order valence-corrected chi connectivity index (χ3v) is 8.35. The first kappa shape index (κ1) is 18.7. The SMILES string of the molecule is C=CCSC1CCCC(=O)C1C(=O)c1ccc2c(c1Cl)CCS2(=O)=O. The van der Waals surface area contributed by atoms with Crippen LogP contribution < -0.4 is 0 Å². The van der Waals surface area contributed by atoms with Gasteiger partial charge in [0.05, 0.1) is 21.6 Å². The number of hydrogen-bond acceptors (Lipinski definition) is 5. The van der Waals surface area contributed by atoms with Crippen LogP contribution in [0.1, 0.15) is 35.2 Å². The number of rotatable bonds is 5. The summed E-state index contributed by atoms with van der Waals surface area (Å²) in [5.41, 5.74) is 0.771. The minimum atomic E-state index is -3.31. The lowest BCUT2D eigenvalue weighted by Gasteiger charge is -2.29. The maximum Gasteiger partial charge on any atom is 0.179 e. The Kier molecular flexibility index (Phi) is 5.42. The van der Waals surface area contributed by atoms with Crippen molar-refractivity contribution in [1.29, 1.82) is 0 Å². The van der Waals surface area contributed by atoms with Gasteiger partial charge in [-0.2, -0.15) is 11.8 Å². The topological polar surface area (TPSA) is 68.3 Å². The minimum absolute atomic E-state index is 0.0138. The highest BCUT2D eigenvalue weighted by atomic mass is 35.5. The first-order valence-corrected chi connectivity index (χ1v) is 11.3. The van der Waals surface area contributed by atoms with E-state index in [1.165, 1.54) is 12.1 Å². The first-order chi connectivity index (χ1) is 11.9. The van der Waals surface area contributed by atoms with Crippen LogP contribution in [0.15, 0.2) is 29.7 Å². The monoisotopic (exact) mass is 398 g/mol. The van der Waals surface area contributed by atoms with Gasteiger partial charge in [0.1, 0.15) is 5.78 Å². The zero-order valence-corrected chi connectivity index (χ0v) is 16.1. The number of fused-ring (bicyclic) bond motifs is 1. The van der Waals surface area contributed by atoms with Crippen molar-refractivity contribution in [2.24, 2.45) is 5.92 Å². The molecule has 0 spiro atoms. The summed E-state index contributed by atoms with van der Waals surface area (Å²) in [6, 6.07) is 2.92. The number of hydrogen-bond donors (Lipinski definition) is 0. The normalized spacial score (nSPS) is 24.8. The van der Waals surface area contributed by atoms with E-state index in [0.29, 0.717) is 24.2 Å². The highest BCUT2D eigenvalue weighted by molar-refractivity contribution is 8.00. The Balaban J connectivity index is 1.97. The van der Waals surface area contributed by atoms with Crippen molar-refractivity contribution in [1.82, 2.24) is 0 Å². The van der Waals surface area contributed by atoms with E-state index in [9.17, 15) is 18.0 Å². The maximum absolute atomic E-state index is 13.1. The Morgan fingerprint density at radius 1 is 1.36 bits per heavy atom. The number of thioether (sulfide) groups is 1. The van der Waals surface area contributed by atoms with Crippen LogP contribution in [0.2, 0.25) is 5.02 Å². The highest BCUT2D eigenvalue weighted by Gasteiger charge is 2.39. The largest absolute Gasteiger partial charge is 0.299 e. The van der Waals surface area contributed by atoms with Crippen LogP contribution in [0.3, 0.4) is 0 Å². The van der Waals surface area contributed by atoms with Gasteiger partial charge in [-0.05, 0) is 37.0 Å². The Morgan fingerprint density at radius 3 is 2.84 bits per heavy atom. The zero-order chi connectivity index (χ0) is 18.2. The fourth-order valence-corrected chi connectivity index (χ4v) is 6.67. The predicted molar refractivity (Wildman–Crippen MR) is 100 cm³/mol. The van der Waals surface area contributed by atoms with Crippen molar-refractivity contribution in [2.45, 2.75) is 35.8 Å². The molecule has 1 fully saturated rings. The summed E-state index contributed by atoms with van der Waals surface area (Å²) in [5, 5.41) is 0.106. The van der Waals surface area contributed by atoms with Crippen LogP contribution in [0, 0.1) is 5.92 Å². The van der Waals surface area contributed by atoms with Crippen LogP contribution in [-0.2, 0) is 21.1 Å². The van der Waals surface area contributed by atoms with Crippen LogP contribution in [0.4, 0.5) is 0 Å². The lowest BCUT2D eigenvalue weighted by molar-refractivity contribution is -0.122. The number of carbonyl (C=O) groups is 2. The van der Waals surface area contributed by atoms with Gasteiger partial charge < -0.3 is 0 Å². The van der Waals surface area contributed by atoms with E-state index in [1.807, 2.05) is 0 Å². The molecule has 7 heteroatoms. The molecule has 0 aromatic heterocycles. The van der Waals surface area contributed by atoms with Crippen molar-refractivity contribution in [2.75, 3.05) is 11.5 Å².